The van der Waals surface area contributed by atoms with Crippen molar-refractivity contribution in [1.29, 1.82) is 0 Å². The number of anilines is 1. The number of carbonyl (C=O) groups is 2. The Kier molecular flexibility index (Phi) is 6.32. The highest BCUT2D eigenvalue weighted by Crippen LogP contribution is 2.30. The zero-order valence-corrected chi connectivity index (χ0v) is 20.0. The summed E-state index contributed by atoms with van der Waals surface area (Å²) in [6, 6.07) is 11.3. The van der Waals surface area contributed by atoms with Gasteiger partial charge in [0, 0.05) is 55.8 Å². The molecule has 2 aromatic carbocycles. The van der Waals surface area contributed by atoms with Crippen LogP contribution < -0.4 is 10.6 Å². The van der Waals surface area contributed by atoms with Crippen LogP contribution in [-0.4, -0.2) is 31.4 Å². The molecule has 1 atom stereocenters. The van der Waals surface area contributed by atoms with E-state index in [1.54, 1.807) is 21.5 Å². The molecule has 4 aromatic rings. The number of hydrogen-bond acceptors (Lipinski definition) is 4. The van der Waals surface area contributed by atoms with Gasteiger partial charge in [0.15, 0.2) is 0 Å². The van der Waals surface area contributed by atoms with E-state index in [1.165, 1.54) is 6.92 Å². The predicted octanol–water partition coefficient (Wildman–Crippen LogP) is 4.25. The van der Waals surface area contributed by atoms with Crippen molar-refractivity contribution in [2.45, 2.75) is 26.8 Å². The zero-order chi connectivity index (χ0) is 24.4. The fourth-order valence-electron chi connectivity index (χ4n) is 3.88. The van der Waals surface area contributed by atoms with E-state index in [0.29, 0.717) is 11.3 Å². The van der Waals surface area contributed by atoms with Crippen LogP contribution in [0.1, 0.15) is 41.4 Å². The minimum Gasteiger partial charge on any atom is -0.346 e. The van der Waals surface area contributed by atoms with Gasteiger partial charge in [-0.3, -0.25) is 19.0 Å². The van der Waals surface area contributed by atoms with Gasteiger partial charge in [0.1, 0.15) is 0 Å². The lowest BCUT2D eigenvalue weighted by atomic mass is 9.96. The SMILES string of the molecule is CC(=O)Nc1ccc(C)c(C(=O)N[C@H](C)c2cc(-c3cnn(C)c3)cc(-c3cnn(C)c3)c2)c1. The van der Waals surface area contributed by atoms with Gasteiger partial charge in [-0.15, -0.1) is 0 Å². The highest BCUT2D eigenvalue weighted by atomic mass is 16.2. The molecule has 0 fully saturated rings. The standard InChI is InChI=1S/C26H28N6O2/c1-16-6-7-24(30-18(3)33)11-25(16)26(34)29-17(2)19-8-20(22-12-27-31(4)14-22)10-21(9-19)23-13-28-32(5)15-23/h6-15,17H,1-5H3,(H,29,34)(H,30,33)/t17-/m1/s1. The van der Waals surface area contributed by atoms with Crippen LogP contribution in [0.5, 0.6) is 0 Å². The third-order valence-corrected chi connectivity index (χ3v) is 5.68. The minimum atomic E-state index is -0.261. The summed E-state index contributed by atoms with van der Waals surface area (Å²) in [5.74, 6) is -0.384. The van der Waals surface area contributed by atoms with Gasteiger partial charge < -0.3 is 10.6 Å². The van der Waals surface area contributed by atoms with Crippen molar-refractivity contribution in [2.75, 3.05) is 5.32 Å². The lowest BCUT2D eigenvalue weighted by molar-refractivity contribution is -0.114. The van der Waals surface area contributed by atoms with Crippen LogP contribution in [0.2, 0.25) is 0 Å². The first-order chi connectivity index (χ1) is 16.2. The second-order valence-corrected chi connectivity index (χ2v) is 8.56. The highest BCUT2D eigenvalue weighted by Gasteiger charge is 2.17. The van der Waals surface area contributed by atoms with Crippen molar-refractivity contribution >= 4 is 17.5 Å². The summed E-state index contributed by atoms with van der Waals surface area (Å²) in [6.07, 6.45) is 7.58. The van der Waals surface area contributed by atoms with Crippen molar-refractivity contribution < 1.29 is 9.59 Å². The largest absolute Gasteiger partial charge is 0.346 e. The minimum absolute atomic E-state index is 0.182. The summed E-state index contributed by atoms with van der Waals surface area (Å²) in [4.78, 5) is 24.6. The lowest BCUT2D eigenvalue weighted by Gasteiger charge is -2.18. The van der Waals surface area contributed by atoms with Gasteiger partial charge in [0.05, 0.1) is 18.4 Å². The monoisotopic (exact) mass is 456 g/mol. The Bertz CT molecular complexity index is 1310. The first-order valence-corrected chi connectivity index (χ1v) is 11.0. The van der Waals surface area contributed by atoms with E-state index in [4.69, 9.17) is 0 Å². The molecule has 34 heavy (non-hydrogen) atoms. The predicted molar refractivity (Wildman–Crippen MR) is 132 cm³/mol. The zero-order valence-electron chi connectivity index (χ0n) is 20.0. The maximum Gasteiger partial charge on any atom is 0.252 e. The third-order valence-electron chi connectivity index (χ3n) is 5.68. The van der Waals surface area contributed by atoms with Crippen molar-refractivity contribution in [3.05, 3.63) is 77.9 Å². The summed E-state index contributed by atoms with van der Waals surface area (Å²) in [6.45, 7) is 5.28. The molecule has 0 bridgehead atoms. The van der Waals surface area contributed by atoms with E-state index < -0.39 is 0 Å². The highest BCUT2D eigenvalue weighted by molar-refractivity contribution is 5.98. The van der Waals surface area contributed by atoms with Gasteiger partial charge in [0.25, 0.3) is 5.91 Å². The maximum atomic E-state index is 13.2. The number of carbonyl (C=O) groups excluding carboxylic acids is 2. The number of aromatic nitrogens is 4. The van der Waals surface area contributed by atoms with Gasteiger partial charge in [-0.1, -0.05) is 6.07 Å². The number of hydrogen-bond donors (Lipinski definition) is 2. The number of rotatable bonds is 6. The van der Waals surface area contributed by atoms with E-state index >= 15 is 0 Å². The molecular weight excluding hydrogens is 428 g/mol. The summed E-state index contributed by atoms with van der Waals surface area (Å²) in [5, 5.41) is 14.4. The summed E-state index contributed by atoms with van der Waals surface area (Å²) < 4.78 is 3.53. The molecule has 4 rings (SSSR count). The molecule has 2 heterocycles. The topological polar surface area (TPSA) is 93.8 Å². The van der Waals surface area contributed by atoms with Gasteiger partial charge in [0.2, 0.25) is 5.91 Å². The molecule has 0 radical (unpaired) electrons. The van der Waals surface area contributed by atoms with Gasteiger partial charge >= 0.3 is 0 Å². The number of amides is 2. The Hall–Kier alpha value is -4.20. The first-order valence-electron chi connectivity index (χ1n) is 11.0. The van der Waals surface area contributed by atoms with Crippen LogP contribution in [0.3, 0.4) is 0 Å². The summed E-state index contributed by atoms with van der Waals surface area (Å²) in [7, 11) is 3.77. The summed E-state index contributed by atoms with van der Waals surface area (Å²) >= 11 is 0. The Morgan fingerprint density at radius 3 is 1.97 bits per heavy atom. The van der Waals surface area contributed by atoms with E-state index in [-0.39, 0.29) is 17.9 Å². The molecule has 8 nitrogen and oxygen atoms in total. The first kappa shape index (κ1) is 23.0. The van der Waals surface area contributed by atoms with E-state index in [2.05, 4.69) is 39.0 Å². The van der Waals surface area contributed by atoms with Crippen molar-refractivity contribution in [3.8, 4) is 22.3 Å². The maximum absolute atomic E-state index is 13.2. The second kappa shape index (κ2) is 9.35. The van der Waals surface area contributed by atoms with Crippen molar-refractivity contribution in [3.63, 3.8) is 0 Å². The molecule has 0 saturated heterocycles. The number of aryl methyl sites for hydroxylation is 3. The Morgan fingerprint density at radius 1 is 0.882 bits per heavy atom. The molecule has 2 N–H and O–H groups in total. The molecule has 0 saturated carbocycles. The van der Waals surface area contributed by atoms with Crippen LogP contribution in [0.4, 0.5) is 5.69 Å². The third kappa shape index (κ3) is 5.06. The van der Waals surface area contributed by atoms with Gasteiger partial charge in [-0.05, 0) is 66.4 Å². The van der Waals surface area contributed by atoms with Crippen LogP contribution >= 0.6 is 0 Å². The molecular formula is C26H28N6O2. The van der Waals surface area contributed by atoms with Crippen LogP contribution in [0.25, 0.3) is 22.3 Å². The molecule has 8 heteroatoms. The normalized spacial score (nSPS) is 11.8. The molecule has 2 aromatic heterocycles. The molecule has 0 aliphatic rings. The average molecular weight is 457 g/mol. The quantitative estimate of drug-likeness (QED) is 0.454. The Balaban J connectivity index is 1.67. The van der Waals surface area contributed by atoms with Crippen LogP contribution in [0.15, 0.2) is 61.2 Å². The molecule has 174 valence electrons. The van der Waals surface area contributed by atoms with Gasteiger partial charge in [-0.25, -0.2) is 0 Å². The molecule has 0 aliphatic heterocycles. The van der Waals surface area contributed by atoms with Gasteiger partial charge in [-0.2, -0.15) is 10.2 Å². The fourth-order valence-corrected chi connectivity index (χ4v) is 3.88. The summed E-state index contributed by atoms with van der Waals surface area (Å²) in [5.41, 5.74) is 6.91. The number of nitrogens with zero attached hydrogens (tertiary/aromatic N) is 4. The fraction of sp³-hybridized carbons (Fsp3) is 0.231. The van der Waals surface area contributed by atoms with Crippen LogP contribution in [0, 0.1) is 6.92 Å². The molecule has 0 aliphatic carbocycles. The average Bonchev–Trinajstić information content (AvgIpc) is 3.42. The Labute approximate surface area is 198 Å². The van der Waals surface area contributed by atoms with Crippen LogP contribution in [-0.2, 0) is 18.9 Å². The van der Waals surface area contributed by atoms with E-state index in [0.717, 1.165) is 33.4 Å². The molecule has 0 spiro atoms. The lowest BCUT2D eigenvalue weighted by Crippen LogP contribution is -2.27. The smallest absolute Gasteiger partial charge is 0.252 e. The van der Waals surface area contributed by atoms with E-state index in [9.17, 15) is 9.59 Å². The van der Waals surface area contributed by atoms with Crippen molar-refractivity contribution in [2.24, 2.45) is 14.1 Å². The van der Waals surface area contributed by atoms with E-state index in [1.807, 2.05) is 58.8 Å². The number of nitrogens with one attached hydrogen (secondary N) is 2. The Morgan fingerprint density at radius 2 is 1.47 bits per heavy atom. The molecule has 0 unspecified atom stereocenters. The van der Waals surface area contributed by atoms with Crippen molar-refractivity contribution in [1.82, 2.24) is 24.9 Å². The number of benzene rings is 2. The molecule has 2 amide bonds. The second-order valence-electron chi connectivity index (χ2n) is 8.56.